The molecule has 1 nitrogen and oxygen atoms in total. The molecule has 0 bridgehead atoms. The lowest BCUT2D eigenvalue weighted by Gasteiger charge is -2.03. The number of anilines is 1. The first kappa shape index (κ1) is 18.9. The molecule has 0 radical (unpaired) electrons. The molecule has 0 spiro atoms. The van der Waals surface area contributed by atoms with Gasteiger partial charge in [-0.15, -0.1) is 0 Å². The third-order valence-electron chi connectivity index (χ3n) is 4.26. The van der Waals surface area contributed by atoms with E-state index in [0.29, 0.717) is 12.0 Å². The van der Waals surface area contributed by atoms with Gasteiger partial charge in [0, 0.05) is 17.8 Å². The molecule has 3 aromatic rings. The molecule has 1 aliphatic rings. The minimum absolute atomic E-state index is 0.382. The van der Waals surface area contributed by atoms with Crippen molar-refractivity contribution in [2.24, 2.45) is 0 Å². The molecule has 0 aliphatic heterocycles. The van der Waals surface area contributed by atoms with Gasteiger partial charge in [0.15, 0.2) is 0 Å². The Morgan fingerprint density at radius 2 is 1.11 bits per heavy atom. The Balaban J connectivity index is 0.000000376. The van der Waals surface area contributed by atoms with Crippen LogP contribution in [0.2, 0.25) is 0 Å². The van der Waals surface area contributed by atoms with E-state index in [1.165, 1.54) is 22.7 Å². The zero-order valence-electron chi connectivity index (χ0n) is 14.4. The zero-order chi connectivity index (χ0) is 19.3. The summed E-state index contributed by atoms with van der Waals surface area (Å²) in [6, 6.07) is 32.3. The summed E-state index contributed by atoms with van der Waals surface area (Å²) in [6.45, 7) is 0. The number of hydrogen-bond donors (Lipinski definition) is 1. The molecule has 3 aromatic carbocycles. The van der Waals surface area contributed by atoms with Crippen LogP contribution in [0, 0.1) is 5.92 Å². The van der Waals surface area contributed by atoms with Gasteiger partial charge in [0.05, 0.1) is 11.8 Å². The van der Waals surface area contributed by atoms with Crippen molar-refractivity contribution in [2.45, 2.75) is 12.0 Å². The van der Waals surface area contributed by atoms with Gasteiger partial charge in [-0.3, -0.25) is 0 Å². The lowest BCUT2D eigenvalue weighted by molar-refractivity contribution is 0.368. The monoisotopic (exact) mass is 371 g/mol. The second-order valence-electron chi connectivity index (χ2n) is 6.19. The van der Waals surface area contributed by atoms with Crippen LogP contribution < -0.4 is 5.32 Å². The Morgan fingerprint density at radius 1 is 0.667 bits per heavy atom. The SMILES string of the molecule is F[B-](F)(F)F.c1ccc(NC2[C+](c3ccccc3)C2c2ccccc2)cc1. The van der Waals surface area contributed by atoms with Crippen LogP contribution in [0.25, 0.3) is 0 Å². The van der Waals surface area contributed by atoms with Gasteiger partial charge in [0.25, 0.3) is 0 Å². The van der Waals surface area contributed by atoms with Gasteiger partial charge >= 0.3 is 7.25 Å². The molecule has 4 rings (SSSR count). The third-order valence-corrected chi connectivity index (χ3v) is 4.26. The molecule has 2 unspecified atom stereocenters. The molecule has 2 atom stereocenters. The summed E-state index contributed by atoms with van der Waals surface area (Å²) in [5.74, 6) is 1.94. The van der Waals surface area contributed by atoms with Crippen LogP contribution in [-0.4, -0.2) is 13.3 Å². The van der Waals surface area contributed by atoms with Crippen molar-refractivity contribution in [3.05, 3.63) is 108 Å². The van der Waals surface area contributed by atoms with Gasteiger partial charge in [-0.25, -0.2) is 0 Å². The van der Waals surface area contributed by atoms with E-state index in [-0.39, 0.29) is 0 Å². The van der Waals surface area contributed by atoms with Crippen molar-refractivity contribution in [2.75, 3.05) is 5.32 Å². The molecule has 1 aliphatic carbocycles. The van der Waals surface area contributed by atoms with Crippen LogP contribution >= 0.6 is 0 Å². The summed E-state index contributed by atoms with van der Waals surface area (Å²) in [5, 5.41) is 3.68. The Labute approximate surface area is 156 Å². The smallest absolute Gasteiger partial charge is 0.418 e. The quantitative estimate of drug-likeness (QED) is 0.328. The summed E-state index contributed by atoms with van der Waals surface area (Å²) < 4.78 is 39.0. The van der Waals surface area contributed by atoms with Crippen molar-refractivity contribution in [1.29, 1.82) is 0 Å². The van der Waals surface area contributed by atoms with Crippen LogP contribution in [0.1, 0.15) is 17.0 Å². The van der Waals surface area contributed by atoms with Crippen molar-refractivity contribution in [1.82, 2.24) is 0 Å². The lowest BCUT2D eigenvalue weighted by Crippen LogP contribution is -2.05. The normalized spacial score (nSPS) is 18.3. The molecule has 6 heteroatoms. The number of hydrogen-bond acceptors (Lipinski definition) is 1. The van der Waals surface area contributed by atoms with E-state index in [4.69, 9.17) is 0 Å². The first-order valence-electron chi connectivity index (χ1n) is 8.59. The van der Waals surface area contributed by atoms with E-state index in [1.54, 1.807) is 0 Å². The largest absolute Gasteiger partial charge is 0.673 e. The van der Waals surface area contributed by atoms with Gasteiger partial charge in [-0.1, -0.05) is 48.5 Å². The van der Waals surface area contributed by atoms with E-state index in [1.807, 2.05) is 0 Å². The van der Waals surface area contributed by atoms with Crippen molar-refractivity contribution in [3.63, 3.8) is 0 Å². The molecule has 0 saturated heterocycles. The molecular formula is C21H18BF4N. The number of rotatable bonds is 4. The fraction of sp³-hybridized carbons (Fsp3) is 0.0952. The van der Waals surface area contributed by atoms with Crippen molar-refractivity contribution >= 4 is 12.9 Å². The number of nitrogens with one attached hydrogen (secondary N) is 1. The fourth-order valence-electron chi connectivity index (χ4n) is 3.16. The maximum atomic E-state index is 9.75. The highest BCUT2D eigenvalue weighted by atomic mass is 19.5. The summed E-state index contributed by atoms with van der Waals surface area (Å²) in [7, 11) is -6.00. The molecule has 1 N–H and O–H groups in total. The summed E-state index contributed by atoms with van der Waals surface area (Å²) in [6.07, 6.45) is 0. The summed E-state index contributed by atoms with van der Waals surface area (Å²) in [4.78, 5) is 0. The maximum absolute atomic E-state index is 9.75. The van der Waals surface area contributed by atoms with E-state index < -0.39 is 7.25 Å². The average Bonchev–Trinajstić information content (AvgIpc) is 3.36. The minimum atomic E-state index is -6.00. The van der Waals surface area contributed by atoms with Gasteiger partial charge in [0.1, 0.15) is 11.6 Å². The Morgan fingerprint density at radius 3 is 1.63 bits per heavy atom. The highest BCUT2D eigenvalue weighted by Gasteiger charge is 2.58. The zero-order valence-corrected chi connectivity index (χ0v) is 14.4. The van der Waals surface area contributed by atoms with Crippen LogP contribution in [0.3, 0.4) is 0 Å². The predicted octanol–water partition coefficient (Wildman–Crippen LogP) is 6.19. The van der Waals surface area contributed by atoms with Crippen LogP contribution in [0.15, 0.2) is 91.0 Å². The molecule has 1 saturated carbocycles. The topological polar surface area (TPSA) is 12.0 Å². The van der Waals surface area contributed by atoms with E-state index >= 15 is 0 Å². The highest BCUT2D eigenvalue weighted by molar-refractivity contribution is 6.50. The van der Waals surface area contributed by atoms with E-state index in [0.717, 1.165) is 0 Å². The van der Waals surface area contributed by atoms with Gasteiger partial charge < -0.3 is 22.6 Å². The molecular weight excluding hydrogens is 353 g/mol. The van der Waals surface area contributed by atoms with E-state index in [2.05, 4.69) is 96.3 Å². The summed E-state index contributed by atoms with van der Waals surface area (Å²) in [5.41, 5.74) is 3.90. The number of halogens is 4. The molecule has 1 fully saturated rings. The van der Waals surface area contributed by atoms with Gasteiger partial charge in [-0.05, 0) is 35.9 Å². The van der Waals surface area contributed by atoms with Crippen LogP contribution in [0.4, 0.5) is 23.0 Å². The second-order valence-corrected chi connectivity index (χ2v) is 6.19. The molecule has 27 heavy (non-hydrogen) atoms. The number of para-hydroxylation sites is 1. The predicted molar refractivity (Wildman–Crippen MR) is 102 cm³/mol. The van der Waals surface area contributed by atoms with Crippen LogP contribution in [0.5, 0.6) is 0 Å². The van der Waals surface area contributed by atoms with Gasteiger partial charge in [0.2, 0.25) is 0 Å². The third kappa shape index (κ3) is 5.54. The first-order valence-corrected chi connectivity index (χ1v) is 8.59. The minimum Gasteiger partial charge on any atom is -0.418 e. The highest BCUT2D eigenvalue weighted by Crippen LogP contribution is 2.55. The average molecular weight is 371 g/mol. The molecule has 0 heterocycles. The van der Waals surface area contributed by atoms with Crippen molar-refractivity contribution < 1.29 is 17.3 Å². The van der Waals surface area contributed by atoms with Gasteiger partial charge in [-0.2, -0.15) is 0 Å². The Hall–Kier alpha value is -2.89. The standard InChI is InChI=1S/C21H18N.BF4/c1-4-10-16(11-5-1)19-20(17-12-6-2-7-13-17)21(19)22-18-14-8-3-9-15-18;2-1(3,4)5/h1-15,19,21-22H;/q+1;-1. The molecule has 138 valence electrons. The number of benzene rings is 3. The first-order chi connectivity index (χ1) is 12.9. The maximum Gasteiger partial charge on any atom is 0.673 e. The molecule has 0 amide bonds. The Bertz CT molecular complexity index is 774. The fourth-order valence-corrected chi connectivity index (χ4v) is 3.16. The van der Waals surface area contributed by atoms with Crippen LogP contribution in [-0.2, 0) is 0 Å². The molecule has 0 aromatic heterocycles. The summed E-state index contributed by atoms with van der Waals surface area (Å²) >= 11 is 0. The van der Waals surface area contributed by atoms with E-state index in [9.17, 15) is 17.3 Å². The lowest BCUT2D eigenvalue weighted by atomic mass is 10.0. The second kappa shape index (κ2) is 8.21. The van der Waals surface area contributed by atoms with Crippen molar-refractivity contribution in [3.8, 4) is 0 Å². The Kier molecular flexibility index (Phi) is 5.74.